The van der Waals surface area contributed by atoms with Gasteiger partial charge >= 0.3 is 0 Å². The Hall–Kier alpha value is -1.21. The van der Waals surface area contributed by atoms with Gasteiger partial charge in [0.1, 0.15) is 12.2 Å². The highest BCUT2D eigenvalue weighted by atomic mass is 16.3. The second-order valence-corrected chi connectivity index (χ2v) is 9.37. The largest absolute Gasteiger partial charge is 0.394 e. The van der Waals surface area contributed by atoms with E-state index in [0.29, 0.717) is 19.3 Å². The SMILES string of the molecule is CCCC/C=C/CCCC(O)C(O)C(CO)NC(=O)C(O)CCCCCC/C=C\CCCCC. The van der Waals surface area contributed by atoms with Crippen LogP contribution in [0, 0.1) is 0 Å². The average molecular weight is 484 g/mol. The summed E-state index contributed by atoms with van der Waals surface area (Å²) in [7, 11) is 0. The second kappa shape index (κ2) is 23.5. The fourth-order valence-electron chi connectivity index (χ4n) is 3.79. The maximum Gasteiger partial charge on any atom is 0.249 e. The van der Waals surface area contributed by atoms with Gasteiger partial charge in [-0.15, -0.1) is 0 Å². The zero-order valence-corrected chi connectivity index (χ0v) is 21.8. The van der Waals surface area contributed by atoms with Crippen molar-refractivity contribution in [2.45, 2.75) is 141 Å². The molecule has 0 radical (unpaired) electrons. The van der Waals surface area contributed by atoms with E-state index in [1.54, 1.807) is 0 Å². The van der Waals surface area contributed by atoms with Gasteiger partial charge in [0.2, 0.25) is 5.91 Å². The minimum atomic E-state index is -1.28. The van der Waals surface area contributed by atoms with Crippen LogP contribution in [0.25, 0.3) is 0 Å². The fourth-order valence-corrected chi connectivity index (χ4v) is 3.79. The van der Waals surface area contributed by atoms with Crippen LogP contribution in [0.2, 0.25) is 0 Å². The van der Waals surface area contributed by atoms with E-state index in [4.69, 9.17) is 0 Å². The minimum absolute atomic E-state index is 0.347. The van der Waals surface area contributed by atoms with Crippen LogP contribution in [0.15, 0.2) is 24.3 Å². The first-order valence-corrected chi connectivity index (χ1v) is 13.7. The van der Waals surface area contributed by atoms with Crippen molar-refractivity contribution in [2.24, 2.45) is 0 Å². The Morgan fingerprint density at radius 1 is 0.706 bits per heavy atom. The Morgan fingerprint density at radius 2 is 1.24 bits per heavy atom. The number of carbonyl (C=O) groups is 1. The van der Waals surface area contributed by atoms with Gasteiger partial charge in [-0.1, -0.05) is 83.1 Å². The van der Waals surface area contributed by atoms with Crippen molar-refractivity contribution in [3.05, 3.63) is 24.3 Å². The first-order chi connectivity index (χ1) is 16.5. The zero-order valence-electron chi connectivity index (χ0n) is 21.8. The van der Waals surface area contributed by atoms with Crippen LogP contribution in [0.4, 0.5) is 0 Å². The van der Waals surface area contributed by atoms with E-state index in [1.807, 2.05) is 0 Å². The molecule has 5 N–H and O–H groups in total. The van der Waals surface area contributed by atoms with Crippen molar-refractivity contribution in [3.63, 3.8) is 0 Å². The smallest absolute Gasteiger partial charge is 0.249 e. The van der Waals surface area contributed by atoms with Gasteiger partial charge in [0.05, 0.1) is 18.8 Å². The first-order valence-electron chi connectivity index (χ1n) is 13.7. The van der Waals surface area contributed by atoms with Crippen molar-refractivity contribution in [1.82, 2.24) is 5.32 Å². The molecule has 0 aliphatic heterocycles. The molecule has 0 bridgehead atoms. The van der Waals surface area contributed by atoms with E-state index >= 15 is 0 Å². The summed E-state index contributed by atoms with van der Waals surface area (Å²) in [4.78, 5) is 12.3. The molecule has 0 saturated carbocycles. The highest BCUT2D eigenvalue weighted by Crippen LogP contribution is 2.12. The molecule has 0 aliphatic carbocycles. The lowest BCUT2D eigenvalue weighted by atomic mass is 10.00. The van der Waals surface area contributed by atoms with E-state index in [1.165, 1.54) is 25.7 Å². The van der Waals surface area contributed by atoms with Gasteiger partial charge < -0.3 is 25.7 Å². The zero-order chi connectivity index (χ0) is 25.4. The summed E-state index contributed by atoms with van der Waals surface area (Å²) in [5.41, 5.74) is 0. The Kier molecular flexibility index (Phi) is 22.7. The van der Waals surface area contributed by atoms with Crippen LogP contribution >= 0.6 is 0 Å². The maximum absolute atomic E-state index is 12.3. The number of rotatable bonds is 23. The van der Waals surface area contributed by atoms with Crippen molar-refractivity contribution in [2.75, 3.05) is 6.61 Å². The predicted molar refractivity (Wildman–Crippen MR) is 141 cm³/mol. The number of hydrogen-bond acceptors (Lipinski definition) is 5. The number of aliphatic hydroxyl groups is 4. The molecular weight excluding hydrogens is 430 g/mol. The molecule has 0 aromatic heterocycles. The first kappa shape index (κ1) is 32.8. The van der Waals surface area contributed by atoms with Gasteiger partial charge in [-0.05, 0) is 57.8 Å². The summed E-state index contributed by atoms with van der Waals surface area (Å²) in [5.74, 6) is -0.612. The van der Waals surface area contributed by atoms with Gasteiger partial charge in [0.25, 0.3) is 0 Å². The quantitative estimate of drug-likeness (QED) is 0.104. The second-order valence-electron chi connectivity index (χ2n) is 9.37. The number of carbonyl (C=O) groups excluding carboxylic acids is 1. The summed E-state index contributed by atoms with van der Waals surface area (Å²) < 4.78 is 0. The van der Waals surface area contributed by atoms with E-state index in [0.717, 1.165) is 57.8 Å². The molecule has 4 unspecified atom stereocenters. The molecule has 0 aromatic rings. The molecule has 34 heavy (non-hydrogen) atoms. The third kappa shape index (κ3) is 18.2. The van der Waals surface area contributed by atoms with Crippen LogP contribution in [0.1, 0.15) is 117 Å². The lowest BCUT2D eigenvalue weighted by Gasteiger charge is -2.27. The van der Waals surface area contributed by atoms with Crippen LogP contribution in [0.5, 0.6) is 0 Å². The molecule has 0 rings (SSSR count). The number of amides is 1. The Balaban J connectivity index is 4.03. The summed E-state index contributed by atoms with van der Waals surface area (Å²) in [6.07, 6.45) is 20.8. The monoisotopic (exact) mass is 483 g/mol. The van der Waals surface area contributed by atoms with Crippen LogP contribution in [-0.2, 0) is 4.79 Å². The number of unbranched alkanes of at least 4 members (excludes halogenated alkanes) is 10. The van der Waals surface area contributed by atoms with Gasteiger partial charge in [-0.25, -0.2) is 0 Å². The third-order valence-corrected chi connectivity index (χ3v) is 6.13. The van der Waals surface area contributed by atoms with Crippen molar-refractivity contribution in [3.8, 4) is 0 Å². The molecule has 0 aromatic carbocycles. The molecule has 200 valence electrons. The lowest BCUT2D eigenvalue weighted by molar-refractivity contribution is -0.132. The summed E-state index contributed by atoms with van der Waals surface area (Å²) in [6, 6.07) is -0.999. The molecule has 0 saturated heterocycles. The van der Waals surface area contributed by atoms with Crippen LogP contribution in [0.3, 0.4) is 0 Å². The normalized spacial score (nSPS) is 15.6. The van der Waals surface area contributed by atoms with Gasteiger partial charge in [0.15, 0.2) is 0 Å². The van der Waals surface area contributed by atoms with E-state index in [9.17, 15) is 25.2 Å². The van der Waals surface area contributed by atoms with Crippen LogP contribution < -0.4 is 5.32 Å². The predicted octanol–water partition coefficient (Wildman–Crippen LogP) is 4.94. The number of aliphatic hydroxyl groups excluding tert-OH is 4. The fraction of sp³-hybridized carbons (Fsp3) is 0.821. The van der Waals surface area contributed by atoms with Crippen LogP contribution in [-0.4, -0.2) is 57.3 Å². The topological polar surface area (TPSA) is 110 Å². The van der Waals surface area contributed by atoms with Gasteiger partial charge in [-0.2, -0.15) is 0 Å². The van der Waals surface area contributed by atoms with E-state index in [2.05, 4.69) is 43.5 Å². The van der Waals surface area contributed by atoms with Crippen molar-refractivity contribution in [1.29, 1.82) is 0 Å². The van der Waals surface area contributed by atoms with Crippen molar-refractivity contribution < 1.29 is 25.2 Å². The Morgan fingerprint density at radius 3 is 1.82 bits per heavy atom. The third-order valence-electron chi connectivity index (χ3n) is 6.13. The molecular formula is C28H53NO5. The molecule has 6 nitrogen and oxygen atoms in total. The molecule has 1 amide bonds. The summed E-state index contributed by atoms with van der Waals surface area (Å²) >= 11 is 0. The Labute approximate surface area is 208 Å². The molecule has 0 spiro atoms. The van der Waals surface area contributed by atoms with Gasteiger partial charge in [0, 0.05) is 0 Å². The number of nitrogens with one attached hydrogen (secondary N) is 1. The molecule has 0 heterocycles. The number of hydrogen-bond donors (Lipinski definition) is 5. The molecule has 0 aliphatic rings. The average Bonchev–Trinajstić information content (AvgIpc) is 2.84. The molecule has 4 atom stereocenters. The highest BCUT2D eigenvalue weighted by Gasteiger charge is 2.28. The standard InChI is InChI=1S/C28H53NO5/c1-3-5-7-9-11-12-13-14-16-18-20-22-26(32)28(34)29-24(23-30)27(33)25(31)21-19-17-15-10-8-6-4-2/h10-12,15,24-27,30-33H,3-9,13-14,16-23H2,1-2H3,(H,29,34)/b12-11-,15-10+. The van der Waals surface area contributed by atoms with Crippen molar-refractivity contribution >= 4 is 5.91 Å². The van der Waals surface area contributed by atoms with E-state index in [-0.39, 0.29) is 0 Å². The van der Waals surface area contributed by atoms with E-state index < -0.39 is 36.9 Å². The maximum atomic E-state index is 12.3. The number of allylic oxidation sites excluding steroid dienone is 4. The molecule has 6 heteroatoms. The highest BCUT2D eigenvalue weighted by molar-refractivity contribution is 5.80. The minimum Gasteiger partial charge on any atom is -0.394 e. The Bertz CT molecular complexity index is 523. The molecule has 0 fully saturated rings. The van der Waals surface area contributed by atoms with Gasteiger partial charge in [-0.3, -0.25) is 4.79 Å². The summed E-state index contributed by atoms with van der Waals surface area (Å²) in [6.45, 7) is 3.86. The summed E-state index contributed by atoms with van der Waals surface area (Å²) in [5, 5.41) is 42.7. The lowest BCUT2D eigenvalue weighted by Crippen LogP contribution is -2.53.